The normalized spacial score (nSPS) is 8.89. The minimum absolute atomic E-state index is 0.496. The molecule has 9 heavy (non-hydrogen) atoms. The van der Waals surface area contributed by atoms with Gasteiger partial charge in [0.15, 0.2) is 0 Å². The Morgan fingerprint density at radius 2 is 1.78 bits per heavy atom. The third kappa shape index (κ3) is 1.67. The van der Waals surface area contributed by atoms with E-state index in [0.717, 1.165) is 5.56 Å². The molecule has 0 bridgehead atoms. The van der Waals surface area contributed by atoms with E-state index in [2.05, 4.69) is 15.6 Å². The van der Waals surface area contributed by atoms with Crippen molar-refractivity contribution in [2.75, 3.05) is 0 Å². The van der Waals surface area contributed by atoms with Crippen molar-refractivity contribution in [1.29, 1.82) is 0 Å². The van der Waals surface area contributed by atoms with E-state index >= 15 is 0 Å². The van der Waals surface area contributed by atoms with Gasteiger partial charge in [0.1, 0.15) is 0 Å². The minimum atomic E-state index is 0.496. The Kier molecular flexibility index (Phi) is 2.04. The molecule has 1 aromatic rings. The summed E-state index contributed by atoms with van der Waals surface area (Å²) in [6.45, 7) is 0. The van der Waals surface area contributed by atoms with Gasteiger partial charge in [0, 0.05) is 0 Å². The fourth-order valence-corrected chi connectivity index (χ4v) is 0.875. The third-order valence-corrected chi connectivity index (χ3v) is 1.53. The van der Waals surface area contributed by atoms with Gasteiger partial charge >= 0.3 is 61.7 Å². The van der Waals surface area contributed by atoms with Gasteiger partial charge in [0.05, 0.1) is 0 Å². The molecule has 0 saturated heterocycles. The molecule has 0 saturated carbocycles. The monoisotopic (exact) mass is 184 g/mol. The summed E-state index contributed by atoms with van der Waals surface area (Å²) in [6, 6.07) is 9.58. The molecule has 1 radical (unpaired) electrons. The average molecular weight is 183 g/mol. The Morgan fingerprint density at radius 1 is 1.22 bits per heavy atom. The standard InChI is InChI=1S/C7H6NSe/c8-7(9)6-4-2-1-3-5-6/h1-5,8H. The second-order valence-corrected chi connectivity index (χ2v) is 2.55. The molecule has 1 aromatic carbocycles. The summed E-state index contributed by atoms with van der Waals surface area (Å²) in [5.41, 5.74) is 8.12. The predicted molar refractivity (Wildman–Crippen MR) is 39.4 cm³/mol. The van der Waals surface area contributed by atoms with Gasteiger partial charge in [-0.25, -0.2) is 0 Å². The molecular weight excluding hydrogens is 177 g/mol. The molecule has 0 aliphatic carbocycles. The first kappa shape index (κ1) is 6.53. The van der Waals surface area contributed by atoms with Gasteiger partial charge in [-0.2, -0.15) is 0 Å². The number of rotatable bonds is 1. The summed E-state index contributed by atoms with van der Waals surface area (Å²) in [4.78, 5) is 0. The first-order valence-electron chi connectivity index (χ1n) is 2.61. The molecule has 1 nitrogen and oxygen atoms in total. The maximum absolute atomic E-state index is 7.18. The van der Waals surface area contributed by atoms with Crippen LogP contribution in [-0.4, -0.2) is 20.1 Å². The molecule has 1 N–H and O–H groups in total. The molecule has 2 heteroatoms. The van der Waals surface area contributed by atoms with Crippen molar-refractivity contribution in [1.82, 2.24) is 5.73 Å². The second-order valence-electron chi connectivity index (χ2n) is 1.70. The predicted octanol–water partition coefficient (Wildman–Crippen LogP) is 0.616. The quantitative estimate of drug-likeness (QED) is 0.570. The van der Waals surface area contributed by atoms with Gasteiger partial charge in [0.25, 0.3) is 0 Å². The molecule has 0 spiro atoms. The molecule has 45 valence electrons. The van der Waals surface area contributed by atoms with E-state index in [4.69, 9.17) is 5.73 Å². The second kappa shape index (κ2) is 2.81. The van der Waals surface area contributed by atoms with E-state index in [0.29, 0.717) is 4.54 Å². The molecule has 1 rings (SSSR count). The van der Waals surface area contributed by atoms with Crippen molar-refractivity contribution >= 4 is 20.1 Å². The van der Waals surface area contributed by atoms with Crippen LogP contribution in [-0.2, 0) is 0 Å². The summed E-state index contributed by atoms with van der Waals surface area (Å²) < 4.78 is 0.496. The van der Waals surface area contributed by atoms with E-state index in [9.17, 15) is 0 Å². The summed E-state index contributed by atoms with van der Waals surface area (Å²) in [6.07, 6.45) is 0. The van der Waals surface area contributed by atoms with Crippen LogP contribution in [0.2, 0.25) is 0 Å². The number of nitrogens with one attached hydrogen (secondary N) is 1. The fraction of sp³-hybridized carbons (Fsp3) is 0. The van der Waals surface area contributed by atoms with Crippen LogP contribution in [0.5, 0.6) is 0 Å². The Morgan fingerprint density at radius 3 is 2.11 bits per heavy atom. The van der Waals surface area contributed by atoms with Crippen LogP contribution in [0.4, 0.5) is 0 Å². The van der Waals surface area contributed by atoms with E-state index in [1.54, 1.807) is 0 Å². The zero-order valence-corrected chi connectivity index (χ0v) is 6.51. The third-order valence-electron chi connectivity index (χ3n) is 1.04. The van der Waals surface area contributed by atoms with Crippen molar-refractivity contribution in [3.8, 4) is 0 Å². The molecule has 0 aliphatic rings. The van der Waals surface area contributed by atoms with Gasteiger partial charge < -0.3 is 0 Å². The van der Waals surface area contributed by atoms with Crippen molar-refractivity contribution in [3.05, 3.63) is 35.9 Å². The van der Waals surface area contributed by atoms with Crippen LogP contribution >= 0.6 is 0 Å². The van der Waals surface area contributed by atoms with E-state index in [1.807, 2.05) is 30.3 Å². The number of benzene rings is 1. The van der Waals surface area contributed by atoms with Crippen molar-refractivity contribution in [2.45, 2.75) is 0 Å². The average Bonchev–Trinajstić information content (AvgIpc) is 1.90. The zero-order chi connectivity index (χ0) is 6.69. The van der Waals surface area contributed by atoms with Gasteiger partial charge in [0.2, 0.25) is 0 Å². The van der Waals surface area contributed by atoms with Crippen LogP contribution in [0.25, 0.3) is 0 Å². The van der Waals surface area contributed by atoms with Crippen LogP contribution in [0.15, 0.2) is 30.3 Å². The Balaban J connectivity index is 2.98. The number of hydrogen-bond acceptors (Lipinski definition) is 0. The molecule has 0 fully saturated rings. The summed E-state index contributed by atoms with van der Waals surface area (Å²) in [7, 11) is 0. The Bertz CT molecular complexity index is 205. The van der Waals surface area contributed by atoms with Crippen LogP contribution in [0.3, 0.4) is 0 Å². The summed E-state index contributed by atoms with van der Waals surface area (Å²) in [5, 5.41) is 0. The van der Waals surface area contributed by atoms with Crippen molar-refractivity contribution in [2.24, 2.45) is 0 Å². The molecular formula is C7H6NSe. The van der Waals surface area contributed by atoms with Crippen LogP contribution in [0.1, 0.15) is 5.56 Å². The van der Waals surface area contributed by atoms with E-state index in [-0.39, 0.29) is 0 Å². The van der Waals surface area contributed by atoms with Gasteiger partial charge in [-0.1, -0.05) is 0 Å². The summed E-state index contributed by atoms with van der Waals surface area (Å²) >= 11 is 2.64. The number of hydrogen-bond donors (Lipinski definition) is 0. The SMILES string of the molecule is [NH]C(=[Se])c1ccccc1. The Labute approximate surface area is 62.2 Å². The van der Waals surface area contributed by atoms with Crippen molar-refractivity contribution < 1.29 is 0 Å². The van der Waals surface area contributed by atoms with Gasteiger partial charge in [-0.15, -0.1) is 0 Å². The van der Waals surface area contributed by atoms with Gasteiger partial charge in [-0.05, 0) is 0 Å². The molecule has 0 aliphatic heterocycles. The van der Waals surface area contributed by atoms with E-state index in [1.165, 1.54) is 0 Å². The topological polar surface area (TPSA) is 23.8 Å². The molecule has 0 atom stereocenters. The fourth-order valence-electron chi connectivity index (χ4n) is 0.590. The maximum atomic E-state index is 7.18. The first-order valence-corrected chi connectivity index (χ1v) is 3.47. The molecule has 0 unspecified atom stereocenters. The zero-order valence-electron chi connectivity index (χ0n) is 4.79. The molecule has 0 amide bonds. The van der Waals surface area contributed by atoms with Crippen LogP contribution in [0, 0.1) is 0 Å². The molecule has 0 heterocycles. The summed E-state index contributed by atoms with van der Waals surface area (Å²) in [5.74, 6) is 0. The van der Waals surface area contributed by atoms with Gasteiger partial charge in [-0.3, -0.25) is 0 Å². The van der Waals surface area contributed by atoms with Crippen LogP contribution < -0.4 is 5.73 Å². The van der Waals surface area contributed by atoms with E-state index < -0.39 is 0 Å². The Hall–Kier alpha value is -0.591. The molecule has 0 aromatic heterocycles. The van der Waals surface area contributed by atoms with Crippen molar-refractivity contribution in [3.63, 3.8) is 0 Å². The first-order chi connectivity index (χ1) is 4.30.